The minimum atomic E-state index is 0.0779. The summed E-state index contributed by atoms with van der Waals surface area (Å²) in [6.07, 6.45) is 0.737. The number of benzene rings is 2. The SMILES string of the molecule is CC(Oc1ccc(Oc2ccc(Oc3c(C=O)c(C)nn3C)cc2)cc1)=C(Cl)Cl. The molecule has 0 amide bonds. The van der Waals surface area contributed by atoms with Crippen LogP contribution in [0.3, 0.4) is 0 Å². The fourth-order valence-corrected chi connectivity index (χ4v) is 2.60. The summed E-state index contributed by atoms with van der Waals surface area (Å²) in [5.41, 5.74) is 1.04. The van der Waals surface area contributed by atoms with E-state index in [-0.39, 0.29) is 4.49 Å². The Morgan fingerprint density at radius 2 is 1.41 bits per heavy atom. The van der Waals surface area contributed by atoms with Crippen molar-refractivity contribution in [2.24, 2.45) is 7.05 Å². The lowest BCUT2D eigenvalue weighted by molar-refractivity contribution is 0.112. The molecule has 0 N–H and O–H groups in total. The normalized spacial score (nSPS) is 10.4. The predicted octanol–water partition coefficient (Wildman–Crippen LogP) is 6.17. The molecule has 1 heterocycles. The van der Waals surface area contributed by atoms with Gasteiger partial charge in [0.25, 0.3) is 0 Å². The van der Waals surface area contributed by atoms with E-state index in [4.69, 9.17) is 37.4 Å². The van der Waals surface area contributed by atoms with Crippen LogP contribution in [0.15, 0.2) is 58.8 Å². The average Bonchev–Trinajstić information content (AvgIpc) is 2.97. The van der Waals surface area contributed by atoms with E-state index in [1.165, 1.54) is 4.68 Å². The third-order valence-corrected chi connectivity index (χ3v) is 4.50. The van der Waals surface area contributed by atoms with Gasteiger partial charge in [-0.15, -0.1) is 0 Å². The number of halogens is 2. The van der Waals surface area contributed by atoms with Crippen molar-refractivity contribution in [2.75, 3.05) is 0 Å². The van der Waals surface area contributed by atoms with Gasteiger partial charge in [0, 0.05) is 7.05 Å². The number of hydrogen-bond donors (Lipinski definition) is 0. The minimum Gasteiger partial charge on any atom is -0.460 e. The molecule has 29 heavy (non-hydrogen) atoms. The van der Waals surface area contributed by atoms with Crippen molar-refractivity contribution in [3.63, 3.8) is 0 Å². The first-order valence-electron chi connectivity index (χ1n) is 8.61. The lowest BCUT2D eigenvalue weighted by atomic mass is 10.3. The van der Waals surface area contributed by atoms with Crippen LogP contribution < -0.4 is 14.2 Å². The van der Waals surface area contributed by atoms with Gasteiger partial charge in [0.15, 0.2) is 6.29 Å². The van der Waals surface area contributed by atoms with Crippen LogP contribution in [0.25, 0.3) is 0 Å². The van der Waals surface area contributed by atoms with E-state index < -0.39 is 0 Å². The Labute approximate surface area is 178 Å². The Bertz CT molecular complexity index is 1040. The zero-order valence-corrected chi connectivity index (χ0v) is 17.5. The first-order valence-corrected chi connectivity index (χ1v) is 9.37. The van der Waals surface area contributed by atoms with Gasteiger partial charge in [-0.1, -0.05) is 23.2 Å². The standard InChI is InChI=1S/C21H18Cl2N2O4/c1-13-19(12-26)21(25(3)24-13)29-18-10-8-17(9-11-18)28-16-6-4-15(5-7-16)27-14(2)20(22)23/h4-12H,1-3H3. The summed E-state index contributed by atoms with van der Waals surface area (Å²) in [5, 5.41) is 4.19. The van der Waals surface area contributed by atoms with E-state index in [2.05, 4.69) is 5.10 Å². The van der Waals surface area contributed by atoms with Crippen LogP contribution in [0.5, 0.6) is 28.9 Å². The van der Waals surface area contributed by atoms with Crippen LogP contribution in [0, 0.1) is 6.92 Å². The van der Waals surface area contributed by atoms with Gasteiger partial charge in [0.05, 0.1) is 11.3 Å². The lowest BCUT2D eigenvalue weighted by Gasteiger charge is -2.10. The molecule has 0 aliphatic rings. The van der Waals surface area contributed by atoms with Gasteiger partial charge < -0.3 is 14.2 Å². The number of carbonyl (C=O) groups excluding carboxylic acids is 1. The van der Waals surface area contributed by atoms with Gasteiger partial charge in [0.1, 0.15) is 33.2 Å². The van der Waals surface area contributed by atoms with E-state index in [0.717, 1.165) is 6.29 Å². The van der Waals surface area contributed by atoms with Crippen molar-refractivity contribution in [1.29, 1.82) is 0 Å². The molecule has 0 atom stereocenters. The third-order valence-electron chi connectivity index (χ3n) is 3.97. The molecule has 0 unspecified atom stereocenters. The number of rotatable bonds is 7. The van der Waals surface area contributed by atoms with Gasteiger partial charge in [-0.3, -0.25) is 4.79 Å². The smallest absolute Gasteiger partial charge is 0.228 e. The molecule has 0 radical (unpaired) electrons. The van der Waals surface area contributed by atoms with Crippen molar-refractivity contribution in [3.8, 4) is 28.9 Å². The highest BCUT2D eigenvalue weighted by Crippen LogP contribution is 2.30. The second kappa shape index (κ2) is 9.03. The molecule has 0 saturated heterocycles. The zero-order valence-electron chi connectivity index (χ0n) is 16.0. The van der Waals surface area contributed by atoms with Crippen LogP contribution in [-0.2, 0) is 7.05 Å². The second-order valence-corrected chi connectivity index (χ2v) is 7.06. The molecular formula is C21H18Cl2N2O4. The molecule has 3 aromatic rings. The Balaban J connectivity index is 1.67. The van der Waals surface area contributed by atoms with Crippen LogP contribution in [-0.4, -0.2) is 16.1 Å². The quantitative estimate of drug-likeness (QED) is 0.329. The molecule has 3 rings (SSSR count). The topological polar surface area (TPSA) is 62.6 Å². The molecule has 2 aromatic carbocycles. The summed E-state index contributed by atoms with van der Waals surface area (Å²) >= 11 is 11.3. The first-order chi connectivity index (χ1) is 13.9. The van der Waals surface area contributed by atoms with E-state index in [9.17, 15) is 4.79 Å². The maximum absolute atomic E-state index is 11.2. The fraction of sp³-hybridized carbons (Fsp3) is 0.143. The van der Waals surface area contributed by atoms with Crippen LogP contribution in [0.1, 0.15) is 23.0 Å². The van der Waals surface area contributed by atoms with Crippen LogP contribution >= 0.6 is 23.2 Å². The van der Waals surface area contributed by atoms with Gasteiger partial charge in [0.2, 0.25) is 5.88 Å². The summed E-state index contributed by atoms with van der Waals surface area (Å²) in [4.78, 5) is 11.2. The van der Waals surface area contributed by atoms with Gasteiger partial charge in [-0.05, 0) is 62.4 Å². The van der Waals surface area contributed by atoms with Crippen molar-refractivity contribution in [1.82, 2.24) is 9.78 Å². The first kappa shape index (κ1) is 20.8. The largest absolute Gasteiger partial charge is 0.460 e. The van der Waals surface area contributed by atoms with E-state index in [0.29, 0.717) is 45.9 Å². The van der Waals surface area contributed by atoms with Crippen molar-refractivity contribution in [2.45, 2.75) is 13.8 Å². The zero-order chi connectivity index (χ0) is 21.0. The van der Waals surface area contributed by atoms with Crippen molar-refractivity contribution < 1.29 is 19.0 Å². The van der Waals surface area contributed by atoms with Gasteiger partial charge >= 0.3 is 0 Å². The second-order valence-electron chi connectivity index (χ2n) is 6.11. The summed E-state index contributed by atoms with van der Waals surface area (Å²) in [6.45, 7) is 3.43. The van der Waals surface area contributed by atoms with Crippen molar-refractivity contribution in [3.05, 3.63) is 70.0 Å². The van der Waals surface area contributed by atoms with Gasteiger partial charge in [-0.2, -0.15) is 5.10 Å². The number of aldehydes is 1. The molecule has 6 nitrogen and oxygen atoms in total. The number of allylic oxidation sites excluding steroid dienone is 1. The van der Waals surface area contributed by atoms with Crippen LogP contribution in [0.2, 0.25) is 0 Å². The van der Waals surface area contributed by atoms with Crippen LogP contribution in [0.4, 0.5) is 0 Å². The molecule has 0 aliphatic heterocycles. The molecule has 1 aromatic heterocycles. The summed E-state index contributed by atoms with van der Waals surface area (Å²) in [6, 6.07) is 14.1. The molecule has 0 aliphatic carbocycles. The molecule has 0 spiro atoms. The molecular weight excluding hydrogens is 415 g/mol. The van der Waals surface area contributed by atoms with Crippen molar-refractivity contribution >= 4 is 29.5 Å². The lowest BCUT2D eigenvalue weighted by Crippen LogP contribution is -1.96. The fourth-order valence-electron chi connectivity index (χ4n) is 2.52. The monoisotopic (exact) mass is 432 g/mol. The minimum absolute atomic E-state index is 0.0779. The summed E-state index contributed by atoms with van der Waals surface area (Å²) in [5.74, 6) is 3.22. The van der Waals surface area contributed by atoms with Gasteiger partial charge in [-0.25, -0.2) is 4.68 Å². The van der Waals surface area contributed by atoms with E-state index in [1.807, 2.05) is 0 Å². The number of nitrogens with zero attached hydrogens (tertiary/aromatic N) is 2. The Kier molecular flexibility index (Phi) is 6.46. The number of hydrogen-bond acceptors (Lipinski definition) is 5. The summed E-state index contributed by atoms with van der Waals surface area (Å²) < 4.78 is 18.7. The Hall–Kier alpha value is -2.96. The van der Waals surface area contributed by atoms with E-state index in [1.54, 1.807) is 69.4 Å². The number of carbonyl (C=O) groups is 1. The highest BCUT2D eigenvalue weighted by molar-refractivity contribution is 6.56. The molecule has 0 saturated carbocycles. The maximum Gasteiger partial charge on any atom is 0.228 e. The van der Waals surface area contributed by atoms with E-state index >= 15 is 0 Å². The molecule has 8 heteroatoms. The highest BCUT2D eigenvalue weighted by Gasteiger charge is 2.14. The Morgan fingerprint density at radius 1 is 0.931 bits per heavy atom. The molecule has 0 bridgehead atoms. The number of aryl methyl sites for hydroxylation is 2. The average molecular weight is 433 g/mol. The molecule has 0 fully saturated rings. The number of aromatic nitrogens is 2. The molecule has 150 valence electrons. The number of ether oxygens (including phenoxy) is 3. The third kappa shape index (κ3) is 5.10. The maximum atomic E-state index is 11.2. The predicted molar refractivity (Wildman–Crippen MR) is 111 cm³/mol. The highest BCUT2D eigenvalue weighted by atomic mass is 35.5. The summed E-state index contributed by atoms with van der Waals surface area (Å²) in [7, 11) is 1.72. The Morgan fingerprint density at radius 3 is 1.90 bits per heavy atom.